The summed E-state index contributed by atoms with van der Waals surface area (Å²) in [5.41, 5.74) is 1.71. The predicted octanol–water partition coefficient (Wildman–Crippen LogP) is 2.47. The first-order chi connectivity index (χ1) is 10.8. The summed E-state index contributed by atoms with van der Waals surface area (Å²) >= 11 is 0. The lowest BCUT2D eigenvalue weighted by molar-refractivity contribution is 0.0952. The predicted molar refractivity (Wildman–Crippen MR) is 85.1 cm³/mol. The van der Waals surface area contributed by atoms with Crippen molar-refractivity contribution < 1.29 is 9.53 Å². The van der Waals surface area contributed by atoms with Crippen molar-refractivity contribution in [2.24, 2.45) is 0 Å². The molecule has 2 heterocycles. The first kappa shape index (κ1) is 14.1. The Balaban J connectivity index is 1.66. The zero-order valence-electron chi connectivity index (χ0n) is 12.3. The number of methoxy groups -OCH3 is 1. The second-order valence-corrected chi connectivity index (χ2v) is 4.89. The van der Waals surface area contributed by atoms with Gasteiger partial charge in [0.15, 0.2) is 0 Å². The summed E-state index contributed by atoms with van der Waals surface area (Å²) in [5.74, 6) is 0.772. The second kappa shape index (κ2) is 6.30. The minimum Gasteiger partial charge on any atom is -0.496 e. The van der Waals surface area contributed by atoms with E-state index < -0.39 is 0 Å². The maximum absolute atomic E-state index is 12.0. The van der Waals surface area contributed by atoms with Crippen LogP contribution >= 0.6 is 0 Å². The molecule has 0 radical (unpaired) electrons. The number of nitrogens with zero attached hydrogens (tertiary/aromatic N) is 2. The number of carbonyl (C=O) groups excluding carboxylic acids is 1. The molecule has 5 heteroatoms. The Morgan fingerprint density at radius 3 is 2.82 bits per heavy atom. The Morgan fingerprint density at radius 1 is 1.23 bits per heavy atom. The monoisotopic (exact) mass is 295 g/mol. The molecule has 0 unspecified atom stereocenters. The molecule has 0 fully saturated rings. The van der Waals surface area contributed by atoms with Crippen molar-refractivity contribution in [3.63, 3.8) is 0 Å². The van der Waals surface area contributed by atoms with Gasteiger partial charge in [0.05, 0.1) is 12.6 Å². The summed E-state index contributed by atoms with van der Waals surface area (Å²) in [4.78, 5) is 15.9. The minimum atomic E-state index is -0.0866. The van der Waals surface area contributed by atoms with Crippen LogP contribution in [0.15, 0.2) is 55.0 Å². The zero-order valence-corrected chi connectivity index (χ0v) is 12.3. The van der Waals surface area contributed by atoms with Crippen LogP contribution in [0.5, 0.6) is 5.75 Å². The molecule has 0 aliphatic heterocycles. The quantitative estimate of drug-likeness (QED) is 0.786. The highest BCUT2D eigenvalue weighted by Gasteiger charge is 2.07. The molecule has 22 heavy (non-hydrogen) atoms. The van der Waals surface area contributed by atoms with E-state index >= 15 is 0 Å². The van der Waals surface area contributed by atoms with E-state index in [4.69, 9.17) is 4.74 Å². The van der Waals surface area contributed by atoms with Crippen LogP contribution in [0.4, 0.5) is 0 Å². The zero-order chi connectivity index (χ0) is 15.4. The third-order valence-corrected chi connectivity index (χ3v) is 3.57. The number of fused-ring (bicyclic) bond motifs is 1. The average molecular weight is 295 g/mol. The Hall–Kier alpha value is -2.82. The van der Waals surface area contributed by atoms with E-state index in [-0.39, 0.29) is 5.91 Å². The Morgan fingerprint density at radius 2 is 2.05 bits per heavy atom. The number of amides is 1. The lowest BCUT2D eigenvalue weighted by atomic mass is 10.2. The molecule has 1 amide bonds. The number of carbonyl (C=O) groups is 1. The van der Waals surface area contributed by atoms with Gasteiger partial charge in [-0.1, -0.05) is 6.07 Å². The highest BCUT2D eigenvalue weighted by molar-refractivity contribution is 5.94. The lowest BCUT2D eigenvalue weighted by Crippen LogP contribution is -2.27. The molecular formula is C17H17N3O2. The van der Waals surface area contributed by atoms with Crippen LogP contribution in [-0.4, -0.2) is 29.1 Å². The summed E-state index contributed by atoms with van der Waals surface area (Å²) < 4.78 is 7.45. The van der Waals surface area contributed by atoms with E-state index in [1.54, 1.807) is 31.6 Å². The molecule has 112 valence electrons. The van der Waals surface area contributed by atoms with E-state index in [0.717, 1.165) is 16.7 Å². The van der Waals surface area contributed by atoms with Crippen molar-refractivity contribution in [1.82, 2.24) is 14.9 Å². The lowest BCUT2D eigenvalue weighted by Gasteiger charge is -2.08. The molecule has 0 spiro atoms. The van der Waals surface area contributed by atoms with Gasteiger partial charge in [0.1, 0.15) is 5.75 Å². The Bertz CT molecular complexity index is 781. The summed E-state index contributed by atoms with van der Waals surface area (Å²) in [6, 6.07) is 11.4. The molecule has 0 saturated heterocycles. The van der Waals surface area contributed by atoms with Crippen molar-refractivity contribution in [2.45, 2.75) is 6.54 Å². The van der Waals surface area contributed by atoms with E-state index in [2.05, 4.69) is 14.9 Å². The van der Waals surface area contributed by atoms with E-state index in [9.17, 15) is 4.79 Å². The van der Waals surface area contributed by atoms with Crippen LogP contribution in [0.3, 0.4) is 0 Å². The standard InChI is InChI=1S/C17H17N3O2/c1-22-16-4-2-3-15-14(16)7-11-20(15)12-10-19-17(21)13-5-8-18-9-6-13/h2-9,11H,10,12H2,1H3,(H,19,21). The second-order valence-electron chi connectivity index (χ2n) is 4.89. The fourth-order valence-corrected chi connectivity index (χ4v) is 2.46. The Labute approximate surface area is 128 Å². The largest absolute Gasteiger partial charge is 0.496 e. The summed E-state index contributed by atoms with van der Waals surface area (Å²) in [6.45, 7) is 1.26. The highest BCUT2D eigenvalue weighted by atomic mass is 16.5. The van der Waals surface area contributed by atoms with Crippen LogP contribution in [0.1, 0.15) is 10.4 Å². The molecule has 5 nitrogen and oxygen atoms in total. The van der Waals surface area contributed by atoms with Crippen LogP contribution in [0.2, 0.25) is 0 Å². The number of pyridine rings is 1. The number of aromatic nitrogens is 2. The average Bonchev–Trinajstić information content (AvgIpc) is 2.99. The first-order valence-electron chi connectivity index (χ1n) is 7.09. The minimum absolute atomic E-state index is 0.0866. The third kappa shape index (κ3) is 2.79. The number of benzene rings is 1. The van der Waals surface area contributed by atoms with Gasteiger partial charge in [0, 0.05) is 42.6 Å². The number of rotatable bonds is 5. The van der Waals surface area contributed by atoms with Crippen molar-refractivity contribution in [2.75, 3.05) is 13.7 Å². The molecule has 0 atom stereocenters. The van der Waals surface area contributed by atoms with Gasteiger partial charge in [-0.15, -0.1) is 0 Å². The molecule has 0 aliphatic carbocycles. The molecule has 3 aromatic rings. The van der Waals surface area contributed by atoms with E-state index in [1.807, 2.05) is 30.5 Å². The maximum Gasteiger partial charge on any atom is 0.251 e. The molecule has 0 aliphatic rings. The van der Waals surface area contributed by atoms with Gasteiger partial charge in [-0.05, 0) is 30.3 Å². The topological polar surface area (TPSA) is 56.1 Å². The van der Waals surface area contributed by atoms with Gasteiger partial charge in [0.25, 0.3) is 5.91 Å². The van der Waals surface area contributed by atoms with Crippen LogP contribution in [0.25, 0.3) is 10.9 Å². The number of nitrogens with one attached hydrogen (secondary N) is 1. The van der Waals surface area contributed by atoms with Crippen LogP contribution in [-0.2, 0) is 6.54 Å². The van der Waals surface area contributed by atoms with Gasteiger partial charge < -0.3 is 14.6 Å². The normalized spacial score (nSPS) is 10.6. The summed E-state index contributed by atoms with van der Waals surface area (Å²) in [7, 11) is 1.67. The molecule has 0 saturated carbocycles. The van der Waals surface area contributed by atoms with Gasteiger partial charge in [-0.2, -0.15) is 0 Å². The molecular weight excluding hydrogens is 278 g/mol. The first-order valence-corrected chi connectivity index (χ1v) is 7.09. The summed E-state index contributed by atoms with van der Waals surface area (Å²) in [6.07, 6.45) is 5.23. The number of ether oxygens (including phenoxy) is 1. The smallest absolute Gasteiger partial charge is 0.251 e. The molecule has 0 bridgehead atoms. The van der Waals surface area contributed by atoms with Gasteiger partial charge in [-0.25, -0.2) is 0 Å². The van der Waals surface area contributed by atoms with Crippen molar-refractivity contribution in [1.29, 1.82) is 0 Å². The van der Waals surface area contributed by atoms with Gasteiger partial charge in [-0.3, -0.25) is 9.78 Å². The maximum atomic E-state index is 12.0. The van der Waals surface area contributed by atoms with Crippen molar-refractivity contribution in [3.05, 3.63) is 60.6 Å². The fourth-order valence-electron chi connectivity index (χ4n) is 2.46. The van der Waals surface area contributed by atoms with Gasteiger partial charge in [0.2, 0.25) is 0 Å². The third-order valence-electron chi connectivity index (χ3n) is 3.57. The van der Waals surface area contributed by atoms with Crippen LogP contribution < -0.4 is 10.1 Å². The molecule has 3 rings (SSSR count). The van der Waals surface area contributed by atoms with E-state index in [1.165, 1.54) is 0 Å². The highest BCUT2D eigenvalue weighted by Crippen LogP contribution is 2.25. The van der Waals surface area contributed by atoms with Crippen molar-refractivity contribution in [3.8, 4) is 5.75 Å². The fraction of sp³-hybridized carbons (Fsp3) is 0.176. The number of hydrogen-bond acceptors (Lipinski definition) is 3. The Kier molecular flexibility index (Phi) is 4.05. The van der Waals surface area contributed by atoms with Crippen molar-refractivity contribution >= 4 is 16.8 Å². The molecule has 2 aromatic heterocycles. The van der Waals surface area contributed by atoms with E-state index in [0.29, 0.717) is 18.7 Å². The summed E-state index contributed by atoms with van der Waals surface area (Å²) in [5, 5.41) is 3.99. The number of hydrogen-bond donors (Lipinski definition) is 1. The molecule has 1 aromatic carbocycles. The van der Waals surface area contributed by atoms with Crippen LogP contribution in [0, 0.1) is 0 Å². The SMILES string of the molecule is COc1cccc2c1ccn2CCNC(=O)c1ccncc1. The van der Waals surface area contributed by atoms with Gasteiger partial charge >= 0.3 is 0 Å². The molecule has 1 N–H and O–H groups in total.